The van der Waals surface area contributed by atoms with Crippen molar-refractivity contribution in [2.24, 2.45) is 0 Å². The van der Waals surface area contributed by atoms with E-state index in [0.717, 1.165) is 0 Å². The number of methoxy groups -OCH3 is 1. The second kappa shape index (κ2) is 5.40. The first-order valence-corrected chi connectivity index (χ1v) is 6.86. The van der Waals surface area contributed by atoms with Crippen LogP contribution in [0.5, 0.6) is 5.88 Å². The predicted molar refractivity (Wildman–Crippen MR) is 77.2 cm³/mol. The van der Waals surface area contributed by atoms with Crippen LogP contribution in [0.15, 0.2) is 35.2 Å². The van der Waals surface area contributed by atoms with E-state index < -0.39 is 11.6 Å². The van der Waals surface area contributed by atoms with Crippen molar-refractivity contribution < 1.29 is 13.5 Å². The SMILES string of the molecule is COc1nccc2c1ncn2Cc1c(F)cc(Br)cc1F. The molecule has 0 bridgehead atoms. The summed E-state index contributed by atoms with van der Waals surface area (Å²) in [5.74, 6) is -0.836. The lowest BCUT2D eigenvalue weighted by atomic mass is 10.2. The predicted octanol–water partition coefficient (Wildman–Crippen LogP) is 3.53. The molecule has 0 N–H and O–H groups in total. The molecule has 0 atom stereocenters. The Balaban J connectivity index is 2.07. The van der Waals surface area contributed by atoms with E-state index in [0.29, 0.717) is 21.4 Å². The third kappa shape index (κ3) is 2.49. The van der Waals surface area contributed by atoms with Gasteiger partial charge in [-0.25, -0.2) is 18.7 Å². The van der Waals surface area contributed by atoms with Gasteiger partial charge in [-0.2, -0.15) is 0 Å². The lowest BCUT2D eigenvalue weighted by Gasteiger charge is -2.08. The highest BCUT2D eigenvalue weighted by Crippen LogP contribution is 2.24. The summed E-state index contributed by atoms with van der Waals surface area (Å²) in [4.78, 5) is 8.22. The van der Waals surface area contributed by atoms with Crippen LogP contribution >= 0.6 is 15.9 Å². The van der Waals surface area contributed by atoms with Crippen molar-refractivity contribution in [3.05, 3.63) is 52.4 Å². The fourth-order valence-electron chi connectivity index (χ4n) is 2.14. The fraction of sp³-hybridized carbons (Fsp3) is 0.143. The van der Waals surface area contributed by atoms with Crippen molar-refractivity contribution in [3.63, 3.8) is 0 Å². The van der Waals surface area contributed by atoms with Gasteiger partial charge in [0.25, 0.3) is 0 Å². The average Bonchev–Trinajstić information content (AvgIpc) is 2.85. The van der Waals surface area contributed by atoms with Crippen molar-refractivity contribution in [3.8, 4) is 5.88 Å². The number of hydrogen-bond donors (Lipinski definition) is 0. The second-order valence-corrected chi connectivity index (χ2v) is 5.32. The number of halogens is 3. The van der Waals surface area contributed by atoms with Gasteiger partial charge in [-0.15, -0.1) is 0 Å². The Labute approximate surface area is 127 Å². The Morgan fingerprint density at radius 1 is 1.24 bits per heavy atom. The molecule has 108 valence electrons. The van der Waals surface area contributed by atoms with Crippen LogP contribution in [0, 0.1) is 11.6 Å². The van der Waals surface area contributed by atoms with Crippen LogP contribution in [0.25, 0.3) is 11.0 Å². The third-order valence-corrected chi connectivity index (χ3v) is 3.59. The lowest BCUT2D eigenvalue weighted by molar-refractivity contribution is 0.402. The number of ether oxygens (including phenoxy) is 1. The topological polar surface area (TPSA) is 39.9 Å². The molecule has 0 fully saturated rings. The van der Waals surface area contributed by atoms with Crippen LogP contribution in [0.3, 0.4) is 0 Å². The molecule has 0 spiro atoms. The molecule has 2 aromatic heterocycles. The van der Waals surface area contributed by atoms with Gasteiger partial charge < -0.3 is 9.30 Å². The van der Waals surface area contributed by atoms with Crippen molar-refractivity contribution in [1.29, 1.82) is 0 Å². The molecular formula is C14H10BrF2N3O. The molecule has 0 aliphatic rings. The zero-order valence-electron chi connectivity index (χ0n) is 11.0. The van der Waals surface area contributed by atoms with Gasteiger partial charge >= 0.3 is 0 Å². The minimum absolute atomic E-state index is 0.0201. The molecule has 1 aromatic carbocycles. The molecule has 0 saturated heterocycles. The lowest BCUT2D eigenvalue weighted by Crippen LogP contribution is -2.04. The summed E-state index contributed by atoms with van der Waals surface area (Å²) in [5, 5.41) is 0. The molecule has 4 nitrogen and oxygen atoms in total. The Morgan fingerprint density at radius 3 is 2.62 bits per heavy atom. The maximum atomic E-state index is 13.9. The molecule has 7 heteroatoms. The normalized spacial score (nSPS) is 11.0. The van der Waals surface area contributed by atoms with E-state index in [2.05, 4.69) is 25.9 Å². The van der Waals surface area contributed by atoms with E-state index in [-0.39, 0.29) is 12.1 Å². The van der Waals surface area contributed by atoms with Gasteiger partial charge in [0.05, 0.1) is 25.5 Å². The van der Waals surface area contributed by atoms with Crippen LogP contribution in [-0.4, -0.2) is 21.6 Å². The molecule has 0 aliphatic carbocycles. The van der Waals surface area contributed by atoms with Gasteiger partial charge in [-0.1, -0.05) is 15.9 Å². The minimum Gasteiger partial charge on any atom is -0.479 e. The van der Waals surface area contributed by atoms with Crippen LogP contribution in [0.1, 0.15) is 5.56 Å². The monoisotopic (exact) mass is 353 g/mol. The zero-order valence-corrected chi connectivity index (χ0v) is 12.6. The highest BCUT2D eigenvalue weighted by molar-refractivity contribution is 9.10. The van der Waals surface area contributed by atoms with Crippen LogP contribution in [-0.2, 0) is 6.54 Å². The highest BCUT2D eigenvalue weighted by Gasteiger charge is 2.14. The maximum absolute atomic E-state index is 13.9. The molecule has 0 aliphatic heterocycles. The quantitative estimate of drug-likeness (QED) is 0.723. The summed E-state index contributed by atoms with van der Waals surface area (Å²) in [6.07, 6.45) is 3.07. The second-order valence-electron chi connectivity index (χ2n) is 4.41. The number of hydrogen-bond acceptors (Lipinski definition) is 3. The summed E-state index contributed by atoms with van der Waals surface area (Å²) in [6.45, 7) is 0.0363. The number of pyridine rings is 1. The molecular weight excluding hydrogens is 344 g/mol. The molecule has 3 aromatic rings. The molecule has 21 heavy (non-hydrogen) atoms. The van der Waals surface area contributed by atoms with E-state index in [1.165, 1.54) is 25.6 Å². The number of aromatic nitrogens is 3. The molecule has 0 amide bonds. The Hall–Kier alpha value is -2.02. The molecule has 0 radical (unpaired) electrons. The van der Waals surface area contributed by atoms with Gasteiger partial charge in [0.2, 0.25) is 5.88 Å². The Morgan fingerprint density at radius 2 is 1.95 bits per heavy atom. The number of rotatable bonds is 3. The number of benzene rings is 1. The summed E-state index contributed by atoms with van der Waals surface area (Å²) in [6, 6.07) is 4.19. The molecule has 3 rings (SSSR count). The summed E-state index contributed by atoms with van der Waals surface area (Å²) in [7, 11) is 1.49. The number of nitrogens with zero attached hydrogens (tertiary/aromatic N) is 3. The molecule has 2 heterocycles. The van der Waals surface area contributed by atoms with E-state index in [1.54, 1.807) is 16.8 Å². The fourth-order valence-corrected chi connectivity index (χ4v) is 2.54. The standard InChI is InChI=1S/C14H10BrF2N3O/c1-21-14-13-12(2-3-18-14)20(7-19-13)6-9-10(16)4-8(15)5-11(9)17/h2-5,7H,6H2,1H3. The maximum Gasteiger partial charge on any atom is 0.241 e. The van der Waals surface area contributed by atoms with Gasteiger partial charge in [-0.3, -0.25) is 0 Å². The van der Waals surface area contributed by atoms with Crippen LogP contribution in [0.4, 0.5) is 8.78 Å². The first-order valence-electron chi connectivity index (χ1n) is 6.07. The van der Waals surface area contributed by atoms with Gasteiger partial charge in [-0.05, 0) is 18.2 Å². The smallest absolute Gasteiger partial charge is 0.241 e. The Kier molecular flexibility index (Phi) is 3.59. The van der Waals surface area contributed by atoms with Crippen LogP contribution < -0.4 is 4.74 Å². The van der Waals surface area contributed by atoms with Crippen molar-refractivity contribution in [1.82, 2.24) is 14.5 Å². The number of imidazole rings is 1. The van der Waals surface area contributed by atoms with E-state index in [4.69, 9.17) is 4.74 Å². The number of fused-ring (bicyclic) bond motifs is 1. The van der Waals surface area contributed by atoms with Crippen molar-refractivity contribution in [2.75, 3.05) is 7.11 Å². The zero-order chi connectivity index (χ0) is 15.0. The first kappa shape index (κ1) is 13.9. The molecule has 0 saturated carbocycles. The largest absolute Gasteiger partial charge is 0.479 e. The van der Waals surface area contributed by atoms with E-state index in [9.17, 15) is 8.78 Å². The van der Waals surface area contributed by atoms with Crippen LogP contribution in [0.2, 0.25) is 0 Å². The summed E-state index contributed by atoms with van der Waals surface area (Å²) >= 11 is 3.06. The Bertz CT molecular complexity index is 796. The molecule has 0 unspecified atom stereocenters. The van der Waals surface area contributed by atoms with Gasteiger partial charge in [0.1, 0.15) is 11.6 Å². The summed E-state index contributed by atoms with van der Waals surface area (Å²) in [5.41, 5.74) is 1.23. The van der Waals surface area contributed by atoms with Crippen molar-refractivity contribution in [2.45, 2.75) is 6.54 Å². The first-order chi connectivity index (χ1) is 10.1. The van der Waals surface area contributed by atoms with Crippen molar-refractivity contribution >= 4 is 27.0 Å². The summed E-state index contributed by atoms with van der Waals surface area (Å²) < 4.78 is 34.9. The average molecular weight is 354 g/mol. The van der Waals surface area contributed by atoms with Gasteiger partial charge in [0, 0.05) is 16.2 Å². The van der Waals surface area contributed by atoms with Gasteiger partial charge in [0.15, 0.2) is 5.52 Å². The highest BCUT2D eigenvalue weighted by atomic mass is 79.9. The van der Waals surface area contributed by atoms with E-state index in [1.807, 2.05) is 0 Å². The van der Waals surface area contributed by atoms with E-state index >= 15 is 0 Å². The third-order valence-electron chi connectivity index (χ3n) is 3.13. The minimum atomic E-state index is -0.607.